The Labute approximate surface area is 173 Å². The van der Waals surface area contributed by atoms with E-state index in [1.165, 1.54) is 7.11 Å². The fourth-order valence-electron chi connectivity index (χ4n) is 2.84. The molecule has 3 aromatic rings. The molecule has 1 heterocycles. The Kier molecular flexibility index (Phi) is 6.86. The minimum Gasteiger partial charge on any atom is -0.497 e. The molecule has 0 saturated heterocycles. The first-order valence-electron chi connectivity index (χ1n) is 8.98. The third-order valence-corrected chi connectivity index (χ3v) is 5.13. The van der Waals surface area contributed by atoms with Crippen molar-refractivity contribution < 1.29 is 19.1 Å². The van der Waals surface area contributed by atoms with Crippen LogP contribution in [0.25, 0.3) is 0 Å². The van der Waals surface area contributed by atoms with E-state index in [9.17, 15) is 9.59 Å². The summed E-state index contributed by atoms with van der Waals surface area (Å²) in [5, 5.41) is 4.87. The molecule has 3 rings (SSSR count). The highest BCUT2D eigenvalue weighted by molar-refractivity contribution is 7.09. The molecule has 150 valence electrons. The first-order chi connectivity index (χ1) is 14.1. The van der Waals surface area contributed by atoms with Gasteiger partial charge >= 0.3 is 5.97 Å². The van der Waals surface area contributed by atoms with E-state index in [1.807, 2.05) is 46.7 Å². The lowest BCUT2D eigenvalue weighted by Crippen LogP contribution is -2.32. The highest BCUT2D eigenvalue weighted by Gasteiger charge is 2.14. The Hall–Kier alpha value is -3.32. The van der Waals surface area contributed by atoms with Crippen LogP contribution in [0.5, 0.6) is 5.75 Å². The Morgan fingerprint density at radius 1 is 1.03 bits per heavy atom. The van der Waals surface area contributed by atoms with Gasteiger partial charge in [0, 0.05) is 16.3 Å². The number of hydrogen-bond acceptors (Lipinski definition) is 6. The molecule has 0 aliphatic carbocycles. The van der Waals surface area contributed by atoms with Crippen LogP contribution in [0.1, 0.15) is 15.2 Å². The van der Waals surface area contributed by atoms with Crippen LogP contribution in [0.4, 0.5) is 11.4 Å². The fraction of sp³-hybridized carbons (Fsp3) is 0.182. The van der Waals surface area contributed by atoms with E-state index in [0.29, 0.717) is 17.8 Å². The number of methoxy groups -OCH3 is 2. The third-order valence-electron chi connectivity index (χ3n) is 4.27. The van der Waals surface area contributed by atoms with Crippen molar-refractivity contribution in [2.75, 3.05) is 31.0 Å². The molecule has 1 amide bonds. The summed E-state index contributed by atoms with van der Waals surface area (Å²) >= 11 is 1.64. The van der Waals surface area contributed by atoms with Gasteiger partial charge in [-0.25, -0.2) is 4.79 Å². The summed E-state index contributed by atoms with van der Waals surface area (Å²) in [5.41, 5.74) is 1.84. The average Bonchev–Trinajstić information content (AvgIpc) is 3.26. The fourth-order valence-corrected chi connectivity index (χ4v) is 3.56. The van der Waals surface area contributed by atoms with E-state index in [4.69, 9.17) is 9.47 Å². The molecule has 2 aromatic carbocycles. The second-order valence-electron chi connectivity index (χ2n) is 6.25. The summed E-state index contributed by atoms with van der Waals surface area (Å²) in [6.07, 6.45) is 0. The number of hydrogen-bond donors (Lipinski definition) is 1. The zero-order valence-corrected chi connectivity index (χ0v) is 17.1. The number of rotatable bonds is 8. The van der Waals surface area contributed by atoms with Gasteiger partial charge in [0.05, 0.1) is 32.9 Å². The Morgan fingerprint density at radius 2 is 1.83 bits per heavy atom. The van der Waals surface area contributed by atoms with Crippen LogP contribution in [0.15, 0.2) is 66.0 Å². The molecule has 0 fully saturated rings. The van der Waals surface area contributed by atoms with Gasteiger partial charge in [-0.05, 0) is 53.9 Å². The van der Waals surface area contributed by atoms with Gasteiger partial charge in [-0.3, -0.25) is 4.79 Å². The highest BCUT2D eigenvalue weighted by Crippen LogP contribution is 2.23. The normalized spacial score (nSPS) is 10.3. The van der Waals surface area contributed by atoms with E-state index >= 15 is 0 Å². The number of nitrogens with zero attached hydrogens (tertiary/aromatic N) is 1. The molecule has 6 nitrogen and oxygen atoms in total. The molecule has 0 spiro atoms. The van der Waals surface area contributed by atoms with Crippen LogP contribution in [-0.2, 0) is 16.1 Å². The second-order valence-corrected chi connectivity index (χ2v) is 7.29. The molecule has 0 atom stereocenters. The van der Waals surface area contributed by atoms with Crippen molar-refractivity contribution >= 4 is 34.6 Å². The van der Waals surface area contributed by atoms with Gasteiger partial charge in [0.15, 0.2) is 0 Å². The summed E-state index contributed by atoms with van der Waals surface area (Å²) < 4.78 is 9.95. The van der Waals surface area contributed by atoms with E-state index in [0.717, 1.165) is 16.3 Å². The van der Waals surface area contributed by atoms with Crippen LogP contribution in [0, 0.1) is 0 Å². The molecule has 0 aliphatic heterocycles. The predicted molar refractivity (Wildman–Crippen MR) is 115 cm³/mol. The number of nitrogens with one attached hydrogen (secondary N) is 1. The zero-order valence-electron chi connectivity index (χ0n) is 16.3. The van der Waals surface area contributed by atoms with Gasteiger partial charge in [0.1, 0.15) is 5.75 Å². The number of thiophene rings is 1. The molecule has 7 heteroatoms. The maximum absolute atomic E-state index is 12.7. The van der Waals surface area contributed by atoms with Crippen LogP contribution >= 0.6 is 11.3 Å². The number of esters is 1. The summed E-state index contributed by atoms with van der Waals surface area (Å²) in [6, 6.07) is 18.3. The van der Waals surface area contributed by atoms with E-state index in [2.05, 4.69) is 5.32 Å². The van der Waals surface area contributed by atoms with Gasteiger partial charge < -0.3 is 19.7 Å². The standard InChI is InChI=1S/C22H22N2O4S/c1-27-19-10-8-18(9-11-19)24(14-20-7-4-12-29-20)15-21(25)23-17-6-3-5-16(13-17)22(26)28-2/h3-13H,14-15H2,1-2H3,(H,23,25). The Balaban J connectivity index is 1.74. The summed E-state index contributed by atoms with van der Waals surface area (Å²) in [4.78, 5) is 27.5. The number of benzene rings is 2. The van der Waals surface area contributed by atoms with Crippen molar-refractivity contribution in [2.24, 2.45) is 0 Å². The largest absolute Gasteiger partial charge is 0.497 e. The molecule has 0 saturated carbocycles. The molecule has 0 unspecified atom stereocenters. The lowest BCUT2D eigenvalue weighted by Gasteiger charge is -2.24. The van der Waals surface area contributed by atoms with Gasteiger partial charge in [-0.2, -0.15) is 0 Å². The maximum Gasteiger partial charge on any atom is 0.337 e. The van der Waals surface area contributed by atoms with Crippen LogP contribution in [0.3, 0.4) is 0 Å². The summed E-state index contributed by atoms with van der Waals surface area (Å²) in [6.45, 7) is 0.770. The molecular weight excluding hydrogens is 388 g/mol. The summed E-state index contributed by atoms with van der Waals surface area (Å²) in [7, 11) is 2.94. The van der Waals surface area contributed by atoms with Gasteiger partial charge in [0.2, 0.25) is 5.91 Å². The van der Waals surface area contributed by atoms with Gasteiger partial charge in [0.25, 0.3) is 0 Å². The lowest BCUT2D eigenvalue weighted by atomic mass is 10.2. The monoisotopic (exact) mass is 410 g/mol. The van der Waals surface area contributed by atoms with Crippen molar-refractivity contribution in [1.82, 2.24) is 0 Å². The average molecular weight is 410 g/mol. The lowest BCUT2D eigenvalue weighted by molar-refractivity contribution is -0.115. The molecule has 0 bridgehead atoms. The SMILES string of the molecule is COC(=O)c1cccc(NC(=O)CN(Cc2cccs2)c2ccc(OC)cc2)c1. The third kappa shape index (κ3) is 5.58. The molecular formula is C22H22N2O4S. The van der Waals surface area contributed by atoms with E-state index in [-0.39, 0.29) is 12.5 Å². The number of ether oxygens (including phenoxy) is 2. The van der Waals surface area contributed by atoms with Gasteiger partial charge in [-0.1, -0.05) is 12.1 Å². The minimum absolute atomic E-state index is 0.159. The van der Waals surface area contributed by atoms with Crippen molar-refractivity contribution in [3.05, 3.63) is 76.5 Å². The predicted octanol–water partition coefficient (Wildman–Crippen LogP) is 4.19. The summed E-state index contributed by atoms with van der Waals surface area (Å²) in [5.74, 6) is 0.131. The topological polar surface area (TPSA) is 67.9 Å². The smallest absolute Gasteiger partial charge is 0.337 e. The van der Waals surface area contributed by atoms with Crippen molar-refractivity contribution in [3.63, 3.8) is 0 Å². The first kappa shape index (κ1) is 20.4. The minimum atomic E-state index is -0.446. The van der Waals surface area contributed by atoms with E-state index < -0.39 is 5.97 Å². The molecule has 1 N–H and O–H groups in total. The van der Waals surface area contributed by atoms with Crippen molar-refractivity contribution in [3.8, 4) is 5.75 Å². The number of carbonyl (C=O) groups is 2. The Bertz CT molecular complexity index is 955. The molecule has 0 aliphatic rings. The molecule has 0 radical (unpaired) electrons. The molecule has 29 heavy (non-hydrogen) atoms. The second kappa shape index (κ2) is 9.75. The highest BCUT2D eigenvalue weighted by atomic mass is 32.1. The maximum atomic E-state index is 12.7. The first-order valence-corrected chi connectivity index (χ1v) is 9.86. The number of amides is 1. The quantitative estimate of drug-likeness (QED) is 0.564. The van der Waals surface area contributed by atoms with Crippen molar-refractivity contribution in [2.45, 2.75) is 6.54 Å². The van der Waals surface area contributed by atoms with Gasteiger partial charge in [-0.15, -0.1) is 11.3 Å². The van der Waals surface area contributed by atoms with Crippen LogP contribution < -0.4 is 15.0 Å². The van der Waals surface area contributed by atoms with Crippen molar-refractivity contribution in [1.29, 1.82) is 0 Å². The number of anilines is 2. The van der Waals surface area contributed by atoms with Crippen LogP contribution in [-0.4, -0.2) is 32.6 Å². The zero-order chi connectivity index (χ0) is 20.6. The van der Waals surface area contributed by atoms with Crippen LogP contribution in [0.2, 0.25) is 0 Å². The Morgan fingerprint density at radius 3 is 2.48 bits per heavy atom. The van der Waals surface area contributed by atoms with E-state index in [1.54, 1.807) is 42.7 Å². The molecule has 1 aromatic heterocycles. The number of carbonyl (C=O) groups excluding carboxylic acids is 2.